The zero-order valence-electron chi connectivity index (χ0n) is 19.9. The lowest BCUT2D eigenvalue weighted by Crippen LogP contribution is -2.50. The van der Waals surface area contributed by atoms with Gasteiger partial charge in [0.2, 0.25) is 0 Å². The predicted octanol–water partition coefficient (Wildman–Crippen LogP) is 5.55. The Morgan fingerprint density at radius 3 is 2.50 bits per heavy atom. The molecule has 0 saturated heterocycles. The summed E-state index contributed by atoms with van der Waals surface area (Å²) >= 11 is 0. The first-order valence-electron chi connectivity index (χ1n) is 11.2. The molecular formula is C24H29F3N4O3. The van der Waals surface area contributed by atoms with Crippen LogP contribution in [-0.4, -0.2) is 44.7 Å². The Hall–Kier alpha value is -2.88. The molecule has 1 aliphatic carbocycles. The van der Waals surface area contributed by atoms with Crippen molar-refractivity contribution in [3.8, 4) is 17.3 Å². The molecule has 0 radical (unpaired) electrons. The second-order valence-corrected chi connectivity index (χ2v) is 10.1. The van der Waals surface area contributed by atoms with E-state index >= 15 is 0 Å². The van der Waals surface area contributed by atoms with E-state index in [2.05, 4.69) is 15.5 Å². The van der Waals surface area contributed by atoms with Crippen LogP contribution >= 0.6 is 0 Å². The maximum atomic E-state index is 12.7. The van der Waals surface area contributed by atoms with Crippen molar-refractivity contribution in [3.05, 3.63) is 29.3 Å². The van der Waals surface area contributed by atoms with E-state index in [1.807, 2.05) is 34.6 Å². The fraction of sp³-hybridized carbons (Fsp3) is 0.542. The largest absolute Gasteiger partial charge is 0.484 e. The molecular weight excluding hydrogens is 449 g/mol. The number of aliphatic hydroxyl groups is 1. The fourth-order valence-electron chi connectivity index (χ4n) is 4.20. The summed E-state index contributed by atoms with van der Waals surface area (Å²) in [5.41, 5.74) is 1.61. The molecule has 2 heterocycles. The molecule has 0 aliphatic heterocycles. The summed E-state index contributed by atoms with van der Waals surface area (Å²) in [5.74, 6) is 0.374. The van der Waals surface area contributed by atoms with Crippen LogP contribution in [0.25, 0.3) is 22.5 Å². The van der Waals surface area contributed by atoms with Gasteiger partial charge in [0.25, 0.3) is 5.89 Å². The molecule has 0 spiro atoms. The number of pyridine rings is 1. The van der Waals surface area contributed by atoms with Gasteiger partial charge < -0.3 is 19.6 Å². The molecule has 7 nitrogen and oxygen atoms in total. The number of nitrogens with zero attached hydrogens (tertiary/aromatic N) is 3. The molecule has 1 saturated carbocycles. The number of hydrogen-bond acceptors (Lipinski definition) is 7. The van der Waals surface area contributed by atoms with Crippen molar-refractivity contribution in [2.24, 2.45) is 0 Å². The van der Waals surface area contributed by atoms with Gasteiger partial charge in [-0.3, -0.25) is 0 Å². The van der Waals surface area contributed by atoms with Crippen LogP contribution in [0.3, 0.4) is 0 Å². The highest BCUT2D eigenvalue weighted by Gasteiger charge is 2.41. The first-order valence-corrected chi connectivity index (χ1v) is 11.2. The lowest BCUT2D eigenvalue weighted by Gasteiger charge is -2.42. The number of alkyl halides is 3. The van der Waals surface area contributed by atoms with E-state index in [4.69, 9.17) is 14.1 Å². The van der Waals surface area contributed by atoms with Gasteiger partial charge in [-0.15, -0.1) is 5.10 Å². The van der Waals surface area contributed by atoms with Crippen molar-refractivity contribution < 1.29 is 27.4 Å². The summed E-state index contributed by atoms with van der Waals surface area (Å²) < 4.78 is 48.9. The molecule has 4 rings (SSSR count). The van der Waals surface area contributed by atoms with Crippen LogP contribution in [0.5, 0.6) is 5.75 Å². The molecule has 2 N–H and O–H groups in total. The Morgan fingerprint density at radius 1 is 1.18 bits per heavy atom. The Balaban J connectivity index is 1.66. The number of ether oxygens (including phenoxy) is 1. The van der Waals surface area contributed by atoms with Gasteiger partial charge in [-0.1, -0.05) is 32.8 Å². The molecule has 34 heavy (non-hydrogen) atoms. The lowest BCUT2D eigenvalue weighted by atomic mass is 9.74. The van der Waals surface area contributed by atoms with Gasteiger partial charge in [-0.2, -0.15) is 13.2 Å². The molecule has 0 unspecified atom stereocenters. The van der Waals surface area contributed by atoms with E-state index in [0.29, 0.717) is 35.9 Å². The molecule has 1 aliphatic rings. The van der Waals surface area contributed by atoms with E-state index in [1.54, 1.807) is 18.2 Å². The average Bonchev–Trinajstić information content (AvgIpc) is 3.18. The predicted molar refractivity (Wildman–Crippen MR) is 122 cm³/mol. The second-order valence-electron chi connectivity index (χ2n) is 10.1. The molecule has 184 valence electrons. The van der Waals surface area contributed by atoms with Crippen LogP contribution in [0.15, 0.2) is 22.6 Å². The SMILES string of the molecule is CC[C@]1(O)C[C@@H](Nc2nnc(-c3cc(C)c4cc(OCC(F)(F)F)cc(C(C)(C)C)c4n3)o2)C1. The lowest BCUT2D eigenvalue weighted by molar-refractivity contribution is -0.153. The summed E-state index contributed by atoms with van der Waals surface area (Å²) in [5, 5.41) is 22.2. The minimum absolute atomic E-state index is 0.0622. The first kappa shape index (κ1) is 24.3. The summed E-state index contributed by atoms with van der Waals surface area (Å²) in [6.07, 6.45) is -2.50. The average molecular weight is 479 g/mol. The van der Waals surface area contributed by atoms with Crippen LogP contribution in [0.1, 0.15) is 58.1 Å². The number of aryl methyl sites for hydroxylation is 1. The minimum atomic E-state index is -4.42. The van der Waals surface area contributed by atoms with Crippen LogP contribution < -0.4 is 10.1 Å². The highest BCUT2D eigenvalue weighted by Crippen LogP contribution is 2.38. The summed E-state index contributed by atoms with van der Waals surface area (Å²) in [4.78, 5) is 4.74. The minimum Gasteiger partial charge on any atom is -0.484 e. The zero-order chi connectivity index (χ0) is 24.9. The van der Waals surface area contributed by atoms with Crippen LogP contribution in [-0.2, 0) is 5.41 Å². The van der Waals surface area contributed by atoms with Crippen LogP contribution in [0, 0.1) is 6.92 Å². The third-order valence-corrected chi connectivity index (χ3v) is 6.19. The van der Waals surface area contributed by atoms with Crippen LogP contribution in [0.2, 0.25) is 0 Å². The van der Waals surface area contributed by atoms with E-state index in [-0.39, 0.29) is 23.7 Å². The van der Waals surface area contributed by atoms with Crippen molar-refractivity contribution in [2.75, 3.05) is 11.9 Å². The Kier molecular flexibility index (Phi) is 6.00. The number of anilines is 1. The molecule has 2 aromatic heterocycles. The van der Waals surface area contributed by atoms with Gasteiger partial charge in [0.05, 0.1) is 11.1 Å². The van der Waals surface area contributed by atoms with E-state index in [1.165, 1.54) is 0 Å². The van der Waals surface area contributed by atoms with Crippen LogP contribution in [0.4, 0.5) is 19.2 Å². The van der Waals surface area contributed by atoms with Gasteiger partial charge in [0.1, 0.15) is 11.4 Å². The van der Waals surface area contributed by atoms with Gasteiger partial charge >= 0.3 is 12.2 Å². The Bertz CT molecular complexity index is 1190. The maximum Gasteiger partial charge on any atom is 0.422 e. The molecule has 0 amide bonds. The summed E-state index contributed by atoms with van der Waals surface area (Å²) in [7, 11) is 0. The Morgan fingerprint density at radius 2 is 1.88 bits per heavy atom. The molecule has 0 atom stereocenters. The smallest absolute Gasteiger partial charge is 0.422 e. The van der Waals surface area contributed by atoms with Gasteiger partial charge in [-0.05, 0) is 60.9 Å². The molecule has 0 bridgehead atoms. The van der Waals surface area contributed by atoms with Crippen molar-refractivity contribution in [1.29, 1.82) is 0 Å². The number of rotatable bonds is 6. The highest BCUT2D eigenvalue weighted by atomic mass is 19.4. The topological polar surface area (TPSA) is 93.3 Å². The molecule has 3 aromatic rings. The number of aromatic nitrogens is 3. The number of nitrogens with one attached hydrogen (secondary N) is 1. The first-order chi connectivity index (χ1) is 15.8. The summed E-state index contributed by atoms with van der Waals surface area (Å²) in [6, 6.07) is 5.26. The standard InChI is InChI=1S/C24H29F3N4O3/c1-6-23(32)10-14(11-23)28-21-31-30-20(34-21)18-7-13(2)16-8-15(33-12-24(25,26)27)9-17(19(16)29-18)22(3,4)5/h7-9,14,32H,6,10-12H2,1-5H3,(H,28,31)/t14-,23+. The number of fused-ring (bicyclic) bond motifs is 1. The van der Waals surface area contributed by atoms with E-state index < -0.39 is 23.8 Å². The highest BCUT2D eigenvalue weighted by molar-refractivity contribution is 5.89. The third-order valence-electron chi connectivity index (χ3n) is 6.19. The molecule has 10 heteroatoms. The normalized spacial score (nSPS) is 20.9. The zero-order valence-corrected chi connectivity index (χ0v) is 19.9. The van der Waals surface area contributed by atoms with Gasteiger partial charge in [-0.25, -0.2) is 4.98 Å². The number of hydrogen-bond donors (Lipinski definition) is 2. The maximum absolute atomic E-state index is 12.7. The van der Waals surface area contributed by atoms with Crippen molar-refractivity contribution >= 4 is 16.9 Å². The fourth-order valence-corrected chi connectivity index (χ4v) is 4.20. The third kappa shape index (κ3) is 5.11. The van der Waals surface area contributed by atoms with Crippen molar-refractivity contribution in [2.45, 2.75) is 77.1 Å². The molecule has 1 aromatic carbocycles. The van der Waals surface area contributed by atoms with Crippen molar-refractivity contribution in [1.82, 2.24) is 15.2 Å². The van der Waals surface area contributed by atoms with E-state index in [9.17, 15) is 18.3 Å². The van der Waals surface area contributed by atoms with Gasteiger partial charge in [0.15, 0.2) is 6.61 Å². The quantitative estimate of drug-likeness (QED) is 0.480. The van der Waals surface area contributed by atoms with Crippen molar-refractivity contribution in [3.63, 3.8) is 0 Å². The van der Waals surface area contributed by atoms with E-state index in [0.717, 1.165) is 11.1 Å². The monoisotopic (exact) mass is 478 g/mol. The second kappa shape index (κ2) is 8.41. The Labute approximate surface area is 195 Å². The molecule has 1 fully saturated rings. The van der Waals surface area contributed by atoms with Gasteiger partial charge in [0, 0.05) is 11.4 Å². The number of benzene rings is 1. The number of halogens is 3. The summed E-state index contributed by atoms with van der Waals surface area (Å²) in [6.45, 7) is 8.33.